The first-order valence-corrected chi connectivity index (χ1v) is 9.96. The Morgan fingerprint density at radius 2 is 2.00 bits per heavy atom. The van der Waals surface area contributed by atoms with Crippen molar-refractivity contribution in [3.8, 4) is 5.88 Å². The summed E-state index contributed by atoms with van der Waals surface area (Å²) in [6, 6.07) is 14.0. The number of halogens is 1. The van der Waals surface area contributed by atoms with E-state index < -0.39 is 0 Å². The van der Waals surface area contributed by atoms with Crippen LogP contribution in [0.25, 0.3) is 0 Å². The van der Waals surface area contributed by atoms with Crippen LogP contribution in [0, 0.1) is 6.92 Å². The van der Waals surface area contributed by atoms with E-state index in [0.29, 0.717) is 25.6 Å². The van der Waals surface area contributed by atoms with Crippen molar-refractivity contribution in [3.63, 3.8) is 0 Å². The molecule has 8 heteroatoms. The van der Waals surface area contributed by atoms with Crippen molar-refractivity contribution in [2.75, 3.05) is 14.1 Å². The van der Waals surface area contributed by atoms with Crippen molar-refractivity contribution in [1.29, 1.82) is 0 Å². The van der Waals surface area contributed by atoms with Crippen LogP contribution in [0.3, 0.4) is 0 Å². The molecule has 2 aromatic heterocycles. The molecule has 0 aliphatic heterocycles. The molecule has 0 aliphatic rings. The SMILES string of the molecule is CN=C(NCc1ccnc(OCc2ccccc2)c1)N(C)Cc1csc(C)n1.I. The summed E-state index contributed by atoms with van der Waals surface area (Å²) in [4.78, 5) is 15.2. The fourth-order valence-electron chi connectivity index (χ4n) is 2.74. The standard InChI is InChI=1S/C21H25N5OS.HI/c1-16-25-19(15-28-16)13-26(3)21(22-2)24-12-18-9-10-23-20(11-18)27-14-17-7-5-4-6-8-17;/h4-11,15H,12-14H2,1-3H3,(H,22,24);1H. The van der Waals surface area contributed by atoms with Gasteiger partial charge in [0, 0.05) is 38.3 Å². The Morgan fingerprint density at radius 3 is 2.69 bits per heavy atom. The third-order valence-corrected chi connectivity index (χ3v) is 4.94. The topological polar surface area (TPSA) is 62.6 Å². The molecule has 1 N–H and O–H groups in total. The van der Waals surface area contributed by atoms with Gasteiger partial charge in [0.25, 0.3) is 0 Å². The number of benzene rings is 1. The van der Waals surface area contributed by atoms with E-state index in [-0.39, 0.29) is 24.0 Å². The first-order chi connectivity index (χ1) is 13.6. The van der Waals surface area contributed by atoms with Crippen LogP contribution in [-0.4, -0.2) is 34.9 Å². The smallest absolute Gasteiger partial charge is 0.213 e. The molecule has 0 radical (unpaired) electrons. The molecule has 0 saturated heterocycles. The molecule has 3 aromatic rings. The Kier molecular flexibility index (Phi) is 9.33. The number of guanidine groups is 1. The second kappa shape index (κ2) is 11.7. The predicted molar refractivity (Wildman–Crippen MR) is 129 cm³/mol. The lowest BCUT2D eigenvalue weighted by Crippen LogP contribution is -2.38. The average Bonchev–Trinajstić information content (AvgIpc) is 3.12. The lowest BCUT2D eigenvalue weighted by molar-refractivity contribution is 0.293. The summed E-state index contributed by atoms with van der Waals surface area (Å²) >= 11 is 1.66. The number of aromatic nitrogens is 2. The Labute approximate surface area is 193 Å². The number of nitrogens with one attached hydrogen (secondary N) is 1. The molecule has 0 bridgehead atoms. The monoisotopic (exact) mass is 523 g/mol. The van der Waals surface area contributed by atoms with Crippen LogP contribution in [0.2, 0.25) is 0 Å². The number of ether oxygens (including phenoxy) is 1. The molecule has 2 heterocycles. The molecular formula is C21H26IN5OS. The van der Waals surface area contributed by atoms with Crippen molar-refractivity contribution in [2.45, 2.75) is 26.6 Å². The summed E-state index contributed by atoms with van der Waals surface area (Å²) in [6.07, 6.45) is 1.77. The average molecular weight is 523 g/mol. The number of thiazole rings is 1. The fourth-order valence-corrected chi connectivity index (χ4v) is 3.34. The minimum absolute atomic E-state index is 0. The number of hydrogen-bond acceptors (Lipinski definition) is 5. The van der Waals surface area contributed by atoms with Gasteiger partial charge in [0.2, 0.25) is 5.88 Å². The minimum atomic E-state index is 0. The minimum Gasteiger partial charge on any atom is -0.473 e. The van der Waals surface area contributed by atoms with E-state index in [4.69, 9.17) is 4.74 Å². The Hall–Kier alpha value is -2.20. The normalized spacial score (nSPS) is 10.9. The lowest BCUT2D eigenvalue weighted by atomic mass is 10.2. The maximum absolute atomic E-state index is 5.81. The van der Waals surface area contributed by atoms with Crippen molar-refractivity contribution >= 4 is 41.3 Å². The number of aryl methyl sites for hydroxylation is 1. The highest BCUT2D eigenvalue weighted by Crippen LogP contribution is 2.13. The van der Waals surface area contributed by atoms with E-state index in [1.54, 1.807) is 24.6 Å². The Balaban J connectivity index is 0.00000300. The zero-order valence-electron chi connectivity index (χ0n) is 16.8. The van der Waals surface area contributed by atoms with Gasteiger partial charge in [0.05, 0.1) is 17.2 Å². The number of pyridine rings is 1. The van der Waals surface area contributed by atoms with Crippen molar-refractivity contribution in [1.82, 2.24) is 20.2 Å². The van der Waals surface area contributed by atoms with E-state index in [0.717, 1.165) is 27.8 Å². The lowest BCUT2D eigenvalue weighted by Gasteiger charge is -2.21. The molecule has 0 unspecified atom stereocenters. The highest BCUT2D eigenvalue weighted by molar-refractivity contribution is 14.0. The quantitative estimate of drug-likeness (QED) is 0.285. The van der Waals surface area contributed by atoms with E-state index in [1.165, 1.54) is 0 Å². The maximum atomic E-state index is 5.81. The first-order valence-electron chi connectivity index (χ1n) is 9.08. The van der Waals surface area contributed by atoms with Crippen LogP contribution in [0.1, 0.15) is 21.8 Å². The highest BCUT2D eigenvalue weighted by Gasteiger charge is 2.09. The van der Waals surface area contributed by atoms with Crippen LogP contribution in [0.5, 0.6) is 5.88 Å². The van der Waals surface area contributed by atoms with Crippen LogP contribution in [0.4, 0.5) is 0 Å². The van der Waals surface area contributed by atoms with Gasteiger partial charge in [0.1, 0.15) is 6.61 Å². The van der Waals surface area contributed by atoms with Gasteiger partial charge in [-0.25, -0.2) is 9.97 Å². The van der Waals surface area contributed by atoms with Crippen LogP contribution < -0.4 is 10.1 Å². The Bertz CT molecular complexity index is 916. The third kappa shape index (κ3) is 7.28. The zero-order valence-corrected chi connectivity index (χ0v) is 20.0. The fraction of sp³-hybridized carbons (Fsp3) is 0.286. The van der Waals surface area contributed by atoms with Gasteiger partial charge in [-0.15, -0.1) is 35.3 Å². The predicted octanol–water partition coefficient (Wildman–Crippen LogP) is 4.25. The van der Waals surface area contributed by atoms with Gasteiger partial charge in [-0.2, -0.15) is 0 Å². The highest BCUT2D eigenvalue weighted by atomic mass is 127. The van der Waals surface area contributed by atoms with Gasteiger partial charge >= 0.3 is 0 Å². The van der Waals surface area contributed by atoms with E-state index in [1.807, 2.05) is 56.4 Å². The molecule has 1 aromatic carbocycles. The molecular weight excluding hydrogens is 497 g/mol. The van der Waals surface area contributed by atoms with Gasteiger partial charge in [-0.3, -0.25) is 4.99 Å². The largest absolute Gasteiger partial charge is 0.473 e. The van der Waals surface area contributed by atoms with E-state index in [9.17, 15) is 0 Å². The summed E-state index contributed by atoms with van der Waals surface area (Å²) < 4.78 is 5.81. The van der Waals surface area contributed by atoms with Gasteiger partial charge in [-0.1, -0.05) is 30.3 Å². The zero-order chi connectivity index (χ0) is 19.8. The molecule has 0 saturated carbocycles. The van der Waals surface area contributed by atoms with E-state index >= 15 is 0 Å². The molecule has 29 heavy (non-hydrogen) atoms. The summed E-state index contributed by atoms with van der Waals surface area (Å²) in [5, 5.41) is 6.54. The summed E-state index contributed by atoms with van der Waals surface area (Å²) in [6.45, 7) is 3.87. The van der Waals surface area contributed by atoms with Gasteiger partial charge < -0.3 is 15.0 Å². The second-order valence-electron chi connectivity index (χ2n) is 6.39. The third-order valence-electron chi connectivity index (χ3n) is 4.12. The summed E-state index contributed by atoms with van der Waals surface area (Å²) in [5.74, 6) is 1.43. The summed E-state index contributed by atoms with van der Waals surface area (Å²) in [7, 11) is 3.79. The maximum Gasteiger partial charge on any atom is 0.213 e. The molecule has 0 aliphatic carbocycles. The molecule has 154 valence electrons. The van der Waals surface area contributed by atoms with E-state index in [2.05, 4.69) is 30.6 Å². The van der Waals surface area contributed by atoms with Crippen molar-refractivity contribution in [3.05, 3.63) is 75.9 Å². The number of rotatable bonds is 7. The molecule has 3 rings (SSSR count). The van der Waals surface area contributed by atoms with Crippen LogP contribution >= 0.6 is 35.3 Å². The molecule has 0 atom stereocenters. The molecule has 0 amide bonds. The molecule has 6 nitrogen and oxygen atoms in total. The summed E-state index contributed by atoms with van der Waals surface area (Å²) in [5.41, 5.74) is 3.25. The number of hydrogen-bond donors (Lipinski definition) is 1. The number of aliphatic imine (C=N–C) groups is 1. The second-order valence-corrected chi connectivity index (χ2v) is 7.45. The Morgan fingerprint density at radius 1 is 1.21 bits per heavy atom. The molecule has 0 spiro atoms. The number of nitrogens with zero attached hydrogens (tertiary/aromatic N) is 4. The van der Waals surface area contributed by atoms with Gasteiger partial charge in [-0.05, 0) is 24.1 Å². The van der Waals surface area contributed by atoms with Crippen LogP contribution in [0.15, 0.2) is 59.0 Å². The first kappa shape index (κ1) is 23.1. The van der Waals surface area contributed by atoms with Gasteiger partial charge in [0.15, 0.2) is 5.96 Å². The van der Waals surface area contributed by atoms with Crippen molar-refractivity contribution in [2.24, 2.45) is 4.99 Å². The van der Waals surface area contributed by atoms with Crippen LogP contribution in [-0.2, 0) is 19.7 Å². The van der Waals surface area contributed by atoms with Crippen molar-refractivity contribution < 1.29 is 4.74 Å². The molecule has 0 fully saturated rings.